The standard InChI is InChI=1S/C25H39F3Si/c1-2-17-29-18-15-23(16-19-29)22-11-7-20(8-12-22)5-3-4-6-21-9-13-24(14-10-21)25(26,27)28/h9-10,13-14,20,22-23,29H,2-8,11-12,15-19H2,1H3/t20-,22-,23?,29?. The van der Waals surface area contributed by atoms with E-state index in [1.165, 1.54) is 57.1 Å². The molecule has 1 aromatic carbocycles. The van der Waals surface area contributed by atoms with Gasteiger partial charge in [0.25, 0.3) is 0 Å². The van der Waals surface area contributed by atoms with E-state index in [0.29, 0.717) is 0 Å². The van der Waals surface area contributed by atoms with E-state index in [2.05, 4.69) is 6.92 Å². The van der Waals surface area contributed by atoms with E-state index in [4.69, 9.17) is 0 Å². The van der Waals surface area contributed by atoms with Gasteiger partial charge in [-0.15, -0.1) is 0 Å². The summed E-state index contributed by atoms with van der Waals surface area (Å²) in [6.45, 7) is 2.35. The lowest BCUT2D eigenvalue weighted by atomic mass is 9.73. The molecule has 2 fully saturated rings. The molecule has 2 aliphatic rings. The third kappa shape index (κ3) is 7.15. The van der Waals surface area contributed by atoms with Crippen molar-refractivity contribution in [2.75, 3.05) is 0 Å². The number of hydrogen-bond acceptors (Lipinski definition) is 0. The van der Waals surface area contributed by atoms with Crippen molar-refractivity contribution in [1.82, 2.24) is 0 Å². The van der Waals surface area contributed by atoms with E-state index >= 15 is 0 Å². The summed E-state index contributed by atoms with van der Waals surface area (Å²) < 4.78 is 37.9. The Morgan fingerprint density at radius 1 is 0.862 bits per heavy atom. The Hall–Kier alpha value is -0.773. The molecular formula is C25H39F3Si. The zero-order chi connectivity index (χ0) is 20.7. The predicted octanol–water partition coefficient (Wildman–Crippen LogP) is 8.27. The summed E-state index contributed by atoms with van der Waals surface area (Å²) in [6.07, 6.45) is 10.5. The van der Waals surface area contributed by atoms with Gasteiger partial charge in [-0.2, -0.15) is 13.2 Å². The van der Waals surface area contributed by atoms with Crippen molar-refractivity contribution in [3.8, 4) is 0 Å². The fourth-order valence-electron chi connectivity index (χ4n) is 5.93. The van der Waals surface area contributed by atoms with Crippen LogP contribution < -0.4 is 0 Å². The van der Waals surface area contributed by atoms with Gasteiger partial charge in [-0.25, -0.2) is 0 Å². The molecule has 4 heteroatoms. The molecule has 1 aromatic rings. The maximum absolute atomic E-state index is 12.6. The van der Waals surface area contributed by atoms with Crippen molar-refractivity contribution >= 4 is 8.80 Å². The number of alkyl halides is 3. The zero-order valence-electron chi connectivity index (χ0n) is 18.2. The van der Waals surface area contributed by atoms with E-state index in [0.717, 1.165) is 36.2 Å². The van der Waals surface area contributed by atoms with Crippen LogP contribution in [0.3, 0.4) is 0 Å². The minimum absolute atomic E-state index is 0.344. The molecular weight excluding hydrogens is 385 g/mol. The van der Waals surface area contributed by atoms with Crippen LogP contribution in [0.15, 0.2) is 24.3 Å². The van der Waals surface area contributed by atoms with Crippen LogP contribution in [0.25, 0.3) is 0 Å². The van der Waals surface area contributed by atoms with Gasteiger partial charge in [-0.05, 0) is 61.1 Å². The second-order valence-corrected chi connectivity index (χ2v) is 13.3. The van der Waals surface area contributed by atoms with Gasteiger partial charge >= 0.3 is 6.18 Å². The van der Waals surface area contributed by atoms with Crippen LogP contribution in [0.5, 0.6) is 0 Å². The monoisotopic (exact) mass is 424 g/mol. The summed E-state index contributed by atoms with van der Waals surface area (Å²) >= 11 is 0. The van der Waals surface area contributed by atoms with Gasteiger partial charge in [-0.3, -0.25) is 0 Å². The Bertz CT molecular complexity index is 579. The first-order chi connectivity index (χ1) is 14.0. The molecule has 29 heavy (non-hydrogen) atoms. The van der Waals surface area contributed by atoms with Crippen molar-refractivity contribution in [1.29, 1.82) is 0 Å². The number of aryl methyl sites for hydroxylation is 1. The number of rotatable bonds is 8. The molecule has 164 valence electrons. The highest BCUT2D eigenvalue weighted by molar-refractivity contribution is 6.58. The maximum atomic E-state index is 12.6. The SMILES string of the molecule is CCC[SiH]1CCC([C@H]2CC[C@H](CCCCc3ccc(C(F)(F)F)cc3)CC2)CC1. The minimum atomic E-state index is -4.23. The normalized spacial score (nSPS) is 28.4. The first-order valence-electron chi connectivity index (χ1n) is 12.1. The highest BCUT2D eigenvalue weighted by Gasteiger charge is 2.31. The van der Waals surface area contributed by atoms with Crippen LogP contribution in [0.4, 0.5) is 13.2 Å². The van der Waals surface area contributed by atoms with Gasteiger partial charge in [0, 0.05) is 8.80 Å². The smallest absolute Gasteiger partial charge is 0.166 e. The van der Waals surface area contributed by atoms with Crippen molar-refractivity contribution in [3.63, 3.8) is 0 Å². The predicted molar refractivity (Wildman–Crippen MR) is 119 cm³/mol. The van der Waals surface area contributed by atoms with E-state index in [1.807, 2.05) is 0 Å². The number of hydrogen-bond donors (Lipinski definition) is 0. The van der Waals surface area contributed by atoms with Crippen LogP contribution >= 0.6 is 0 Å². The van der Waals surface area contributed by atoms with Crippen LogP contribution in [0.2, 0.25) is 18.1 Å². The summed E-state index contributed by atoms with van der Waals surface area (Å²) in [4.78, 5) is 0. The van der Waals surface area contributed by atoms with Crippen LogP contribution in [-0.2, 0) is 12.6 Å². The Morgan fingerprint density at radius 2 is 1.48 bits per heavy atom. The molecule has 0 atom stereocenters. The molecule has 0 nitrogen and oxygen atoms in total. The lowest BCUT2D eigenvalue weighted by molar-refractivity contribution is -0.137. The van der Waals surface area contributed by atoms with Gasteiger partial charge in [0.05, 0.1) is 5.56 Å². The van der Waals surface area contributed by atoms with E-state index < -0.39 is 11.7 Å². The second kappa shape index (κ2) is 11.0. The molecule has 1 aliphatic heterocycles. The number of benzene rings is 1. The Kier molecular flexibility index (Phi) is 8.70. The second-order valence-electron chi connectivity index (χ2n) is 9.79. The van der Waals surface area contributed by atoms with Crippen molar-refractivity contribution in [2.45, 2.75) is 102 Å². The molecule has 1 saturated heterocycles. The lowest BCUT2D eigenvalue weighted by Gasteiger charge is -2.37. The highest BCUT2D eigenvalue weighted by atomic mass is 28.3. The molecule has 3 rings (SSSR count). The number of halogens is 3. The fourth-order valence-corrected chi connectivity index (χ4v) is 9.41. The molecule has 1 heterocycles. The lowest BCUT2D eigenvalue weighted by Crippen LogP contribution is -2.28. The molecule has 1 aliphatic carbocycles. The summed E-state index contributed by atoms with van der Waals surface area (Å²) in [5.41, 5.74) is 0.489. The summed E-state index contributed by atoms with van der Waals surface area (Å²) in [5, 5.41) is 0. The molecule has 1 saturated carbocycles. The molecule has 0 spiro atoms. The quantitative estimate of drug-likeness (QED) is 0.291. The largest absolute Gasteiger partial charge is 0.416 e. The zero-order valence-corrected chi connectivity index (χ0v) is 19.3. The first-order valence-corrected chi connectivity index (χ1v) is 14.6. The highest BCUT2D eigenvalue weighted by Crippen LogP contribution is 2.42. The first kappa shape index (κ1) is 22.9. The van der Waals surface area contributed by atoms with Gasteiger partial charge in [0.2, 0.25) is 0 Å². The van der Waals surface area contributed by atoms with E-state index in [9.17, 15) is 13.2 Å². The third-order valence-electron chi connectivity index (χ3n) is 7.76. The minimum Gasteiger partial charge on any atom is -0.166 e. The molecule has 0 radical (unpaired) electrons. The molecule has 0 N–H and O–H groups in total. The van der Waals surface area contributed by atoms with Crippen molar-refractivity contribution < 1.29 is 13.2 Å². The molecule has 0 bridgehead atoms. The maximum Gasteiger partial charge on any atom is 0.416 e. The van der Waals surface area contributed by atoms with Gasteiger partial charge in [0.15, 0.2) is 0 Å². The Labute approximate surface area is 177 Å². The summed E-state index contributed by atoms with van der Waals surface area (Å²) in [7, 11) is -0.344. The topological polar surface area (TPSA) is 0 Å². The third-order valence-corrected chi connectivity index (χ3v) is 11.4. The van der Waals surface area contributed by atoms with Gasteiger partial charge in [0.1, 0.15) is 0 Å². The van der Waals surface area contributed by atoms with Crippen molar-refractivity contribution in [2.24, 2.45) is 17.8 Å². The number of unbranched alkanes of at least 4 members (excludes halogenated alkanes) is 1. The average Bonchev–Trinajstić information content (AvgIpc) is 2.72. The van der Waals surface area contributed by atoms with Crippen molar-refractivity contribution in [3.05, 3.63) is 35.4 Å². The average molecular weight is 425 g/mol. The fraction of sp³-hybridized carbons (Fsp3) is 0.760. The van der Waals surface area contributed by atoms with Crippen LogP contribution in [-0.4, -0.2) is 8.80 Å². The molecule has 0 aromatic heterocycles. The van der Waals surface area contributed by atoms with E-state index in [-0.39, 0.29) is 8.80 Å². The van der Waals surface area contributed by atoms with Crippen LogP contribution in [0.1, 0.15) is 82.3 Å². The Balaban J connectivity index is 1.29. The van der Waals surface area contributed by atoms with E-state index in [1.54, 1.807) is 43.1 Å². The molecule has 0 unspecified atom stereocenters. The Morgan fingerprint density at radius 3 is 2.07 bits per heavy atom. The van der Waals surface area contributed by atoms with Gasteiger partial charge in [-0.1, -0.05) is 82.1 Å². The van der Waals surface area contributed by atoms with Gasteiger partial charge < -0.3 is 0 Å². The molecule has 0 amide bonds. The summed E-state index contributed by atoms with van der Waals surface area (Å²) in [5.74, 6) is 2.94. The van der Waals surface area contributed by atoms with Crippen LogP contribution in [0, 0.1) is 17.8 Å². The summed E-state index contributed by atoms with van der Waals surface area (Å²) in [6, 6.07) is 10.5.